The van der Waals surface area contributed by atoms with Crippen LogP contribution in [-0.4, -0.2) is 5.33 Å². The molecule has 0 fully saturated rings. The Morgan fingerprint density at radius 3 is 2.47 bits per heavy atom. The molecule has 1 aromatic rings. The zero-order chi connectivity index (χ0) is 11.3. The van der Waals surface area contributed by atoms with E-state index in [1.54, 1.807) is 0 Å². The standard InChI is InChI=1S/C12H13BrCl2/c1-9(4-3-7-13)8-10-11(14)5-2-6-12(10)15/h2,4-6H,3,7-8H2,1H3. The molecule has 1 aromatic carbocycles. The lowest BCUT2D eigenvalue weighted by atomic mass is 10.1. The second-order valence-corrected chi connectivity index (χ2v) is 5.01. The molecule has 0 saturated carbocycles. The smallest absolute Gasteiger partial charge is 0.0456 e. The van der Waals surface area contributed by atoms with Gasteiger partial charge in [0.25, 0.3) is 0 Å². The molecule has 0 N–H and O–H groups in total. The van der Waals surface area contributed by atoms with Crippen molar-refractivity contribution in [1.82, 2.24) is 0 Å². The molecule has 82 valence electrons. The fourth-order valence-corrected chi connectivity index (χ4v) is 2.11. The Labute approximate surface area is 109 Å². The maximum atomic E-state index is 6.09. The molecule has 0 saturated heterocycles. The van der Waals surface area contributed by atoms with Crippen LogP contribution in [0.15, 0.2) is 29.8 Å². The zero-order valence-electron chi connectivity index (χ0n) is 8.56. The highest BCUT2D eigenvalue weighted by Crippen LogP contribution is 2.26. The van der Waals surface area contributed by atoms with Gasteiger partial charge < -0.3 is 0 Å². The second-order valence-electron chi connectivity index (χ2n) is 3.41. The summed E-state index contributed by atoms with van der Waals surface area (Å²) in [6.07, 6.45) is 4.06. The Balaban J connectivity index is 2.80. The van der Waals surface area contributed by atoms with E-state index in [9.17, 15) is 0 Å². The van der Waals surface area contributed by atoms with Crippen molar-refractivity contribution in [2.24, 2.45) is 0 Å². The van der Waals surface area contributed by atoms with Crippen LogP contribution in [-0.2, 0) is 6.42 Å². The third-order valence-electron chi connectivity index (χ3n) is 2.12. The summed E-state index contributed by atoms with van der Waals surface area (Å²) in [5.74, 6) is 0. The average Bonchev–Trinajstić information content (AvgIpc) is 2.21. The Morgan fingerprint density at radius 1 is 1.33 bits per heavy atom. The van der Waals surface area contributed by atoms with Crippen molar-refractivity contribution < 1.29 is 0 Å². The van der Waals surface area contributed by atoms with Crippen molar-refractivity contribution in [2.75, 3.05) is 5.33 Å². The summed E-state index contributed by atoms with van der Waals surface area (Å²) in [7, 11) is 0. The molecule has 1 rings (SSSR count). The van der Waals surface area contributed by atoms with Crippen molar-refractivity contribution in [2.45, 2.75) is 19.8 Å². The molecule has 0 atom stereocenters. The molecule has 0 radical (unpaired) electrons. The Morgan fingerprint density at radius 2 is 1.93 bits per heavy atom. The number of hydrogen-bond donors (Lipinski definition) is 0. The van der Waals surface area contributed by atoms with E-state index in [0.717, 1.165) is 33.8 Å². The van der Waals surface area contributed by atoms with Crippen LogP contribution in [0.2, 0.25) is 10.0 Å². The van der Waals surface area contributed by atoms with E-state index in [0.29, 0.717) is 0 Å². The molecule has 0 aliphatic carbocycles. The minimum absolute atomic E-state index is 0.745. The number of hydrogen-bond acceptors (Lipinski definition) is 0. The highest BCUT2D eigenvalue weighted by Gasteiger charge is 2.05. The third kappa shape index (κ3) is 4.18. The van der Waals surface area contributed by atoms with Gasteiger partial charge >= 0.3 is 0 Å². The van der Waals surface area contributed by atoms with Gasteiger partial charge in [-0.1, -0.05) is 56.8 Å². The highest BCUT2D eigenvalue weighted by molar-refractivity contribution is 9.09. The van der Waals surface area contributed by atoms with Gasteiger partial charge in [0.1, 0.15) is 0 Å². The minimum atomic E-state index is 0.745. The lowest BCUT2D eigenvalue weighted by molar-refractivity contribution is 1.10. The molecule has 0 nitrogen and oxygen atoms in total. The van der Waals surface area contributed by atoms with Gasteiger partial charge in [0.2, 0.25) is 0 Å². The molecule has 3 heteroatoms. The van der Waals surface area contributed by atoms with Crippen LogP contribution in [0.5, 0.6) is 0 Å². The second kappa shape index (κ2) is 6.57. The predicted octanol–water partition coefficient (Wildman–Crippen LogP) is 5.27. The van der Waals surface area contributed by atoms with E-state index in [4.69, 9.17) is 23.2 Å². The molecular weight excluding hydrogens is 295 g/mol. The maximum absolute atomic E-state index is 6.09. The predicted molar refractivity (Wildman–Crippen MR) is 72.3 cm³/mol. The monoisotopic (exact) mass is 306 g/mol. The molecule has 0 aliphatic heterocycles. The molecule has 15 heavy (non-hydrogen) atoms. The maximum Gasteiger partial charge on any atom is 0.0456 e. The number of rotatable bonds is 4. The Hall–Kier alpha value is 0.0200. The van der Waals surface area contributed by atoms with E-state index in [2.05, 4.69) is 28.9 Å². The molecular formula is C12H13BrCl2. The van der Waals surface area contributed by atoms with E-state index >= 15 is 0 Å². The van der Waals surface area contributed by atoms with E-state index in [1.165, 1.54) is 5.57 Å². The van der Waals surface area contributed by atoms with Gasteiger partial charge in [-0.3, -0.25) is 0 Å². The summed E-state index contributed by atoms with van der Waals surface area (Å²) in [5.41, 5.74) is 2.31. The number of allylic oxidation sites excluding steroid dienone is 2. The van der Waals surface area contributed by atoms with Crippen LogP contribution >= 0.6 is 39.1 Å². The van der Waals surface area contributed by atoms with Gasteiger partial charge in [-0.05, 0) is 37.5 Å². The van der Waals surface area contributed by atoms with E-state index in [-0.39, 0.29) is 0 Å². The zero-order valence-corrected chi connectivity index (χ0v) is 11.7. The van der Waals surface area contributed by atoms with Crippen LogP contribution in [0, 0.1) is 0 Å². The quantitative estimate of drug-likeness (QED) is 0.525. The molecule has 0 heterocycles. The van der Waals surface area contributed by atoms with Crippen LogP contribution in [0.3, 0.4) is 0 Å². The third-order valence-corrected chi connectivity index (χ3v) is 3.29. The number of alkyl halides is 1. The number of halogens is 3. The van der Waals surface area contributed by atoms with Crippen LogP contribution < -0.4 is 0 Å². The first-order chi connectivity index (χ1) is 7.15. The van der Waals surface area contributed by atoms with Crippen molar-refractivity contribution >= 4 is 39.1 Å². The Bertz CT molecular complexity index is 338. The highest BCUT2D eigenvalue weighted by atomic mass is 79.9. The van der Waals surface area contributed by atoms with Gasteiger partial charge in [0.15, 0.2) is 0 Å². The summed E-state index contributed by atoms with van der Waals surface area (Å²) < 4.78 is 0. The first kappa shape index (κ1) is 13.1. The van der Waals surface area contributed by atoms with E-state index < -0.39 is 0 Å². The molecule has 0 aromatic heterocycles. The normalized spacial score (nSPS) is 11.9. The molecule has 0 bridgehead atoms. The summed E-state index contributed by atoms with van der Waals surface area (Å²) in [6, 6.07) is 5.62. The van der Waals surface area contributed by atoms with Crippen LogP contribution in [0.1, 0.15) is 18.9 Å². The lowest BCUT2D eigenvalue weighted by Gasteiger charge is -2.06. The summed E-state index contributed by atoms with van der Waals surface area (Å²) in [6.45, 7) is 2.10. The average molecular weight is 308 g/mol. The van der Waals surface area contributed by atoms with Crippen LogP contribution in [0.25, 0.3) is 0 Å². The van der Waals surface area contributed by atoms with Gasteiger partial charge in [-0.15, -0.1) is 0 Å². The SMILES string of the molecule is CC(=CCCBr)Cc1c(Cl)cccc1Cl. The Kier molecular flexibility index (Phi) is 5.73. The fraction of sp³-hybridized carbons (Fsp3) is 0.333. The van der Waals surface area contributed by atoms with Gasteiger partial charge in [0.05, 0.1) is 0 Å². The largest absolute Gasteiger partial charge is 0.0925 e. The minimum Gasteiger partial charge on any atom is -0.0925 e. The van der Waals surface area contributed by atoms with Crippen LogP contribution in [0.4, 0.5) is 0 Å². The fourth-order valence-electron chi connectivity index (χ4n) is 1.35. The summed E-state index contributed by atoms with van der Waals surface area (Å²) in [4.78, 5) is 0. The van der Waals surface area contributed by atoms with Crippen molar-refractivity contribution in [1.29, 1.82) is 0 Å². The topological polar surface area (TPSA) is 0 Å². The van der Waals surface area contributed by atoms with Gasteiger partial charge in [0, 0.05) is 15.4 Å². The lowest BCUT2D eigenvalue weighted by Crippen LogP contribution is -1.90. The van der Waals surface area contributed by atoms with E-state index in [1.807, 2.05) is 18.2 Å². The molecule has 0 unspecified atom stereocenters. The molecule has 0 spiro atoms. The first-order valence-corrected chi connectivity index (χ1v) is 6.67. The van der Waals surface area contributed by atoms with Crippen molar-refractivity contribution in [3.8, 4) is 0 Å². The van der Waals surface area contributed by atoms with Gasteiger partial charge in [-0.2, -0.15) is 0 Å². The number of benzene rings is 1. The van der Waals surface area contributed by atoms with Crippen molar-refractivity contribution in [3.05, 3.63) is 45.5 Å². The summed E-state index contributed by atoms with van der Waals surface area (Å²) >= 11 is 15.6. The van der Waals surface area contributed by atoms with Gasteiger partial charge in [-0.25, -0.2) is 0 Å². The first-order valence-electron chi connectivity index (χ1n) is 4.79. The summed E-state index contributed by atoms with van der Waals surface area (Å²) in [5, 5.41) is 2.48. The molecule has 0 aliphatic rings. The van der Waals surface area contributed by atoms with Crippen molar-refractivity contribution in [3.63, 3.8) is 0 Å². The molecule has 0 amide bonds.